The number of aryl methyl sites for hydroxylation is 2. The lowest BCUT2D eigenvalue weighted by molar-refractivity contribution is -0.119. The molecule has 10 nitrogen and oxygen atoms in total. The van der Waals surface area contributed by atoms with Gasteiger partial charge in [0.05, 0.1) is 25.4 Å². The van der Waals surface area contributed by atoms with E-state index in [0.717, 1.165) is 18.4 Å². The zero-order chi connectivity index (χ0) is 23.3. The van der Waals surface area contributed by atoms with Crippen molar-refractivity contribution in [3.63, 3.8) is 0 Å². The number of nitrogens with one attached hydrogen (secondary N) is 1. The van der Waals surface area contributed by atoms with Crippen LogP contribution in [0.25, 0.3) is 0 Å². The number of aliphatic hydroxyl groups is 1. The van der Waals surface area contributed by atoms with Gasteiger partial charge in [-0.1, -0.05) is 19.4 Å². The van der Waals surface area contributed by atoms with Crippen LogP contribution in [0, 0.1) is 0 Å². The molecule has 1 amide bonds. The Kier molecular flexibility index (Phi) is 7.62. The van der Waals surface area contributed by atoms with Gasteiger partial charge in [0.15, 0.2) is 4.90 Å². The molecule has 0 unspecified atom stereocenters. The summed E-state index contributed by atoms with van der Waals surface area (Å²) in [6.45, 7) is 5.58. The van der Waals surface area contributed by atoms with Gasteiger partial charge in [-0.05, 0) is 31.0 Å². The number of hydrogen-bond donors (Lipinski definition) is 2. The van der Waals surface area contributed by atoms with E-state index in [1.54, 1.807) is 6.07 Å². The van der Waals surface area contributed by atoms with Gasteiger partial charge >= 0.3 is 0 Å². The average molecular weight is 467 g/mol. The first-order valence-electron chi connectivity index (χ1n) is 10.7. The quantitative estimate of drug-likeness (QED) is 0.541. The van der Waals surface area contributed by atoms with E-state index < -0.39 is 16.1 Å². The number of ether oxygens (including phenoxy) is 2. The summed E-state index contributed by atoms with van der Waals surface area (Å²) in [4.78, 5) is 11.3. The molecule has 0 saturated carbocycles. The first-order chi connectivity index (χ1) is 15.3. The third-order valence-corrected chi connectivity index (χ3v) is 6.75. The summed E-state index contributed by atoms with van der Waals surface area (Å²) in [5, 5.41) is 16.0. The van der Waals surface area contributed by atoms with Gasteiger partial charge in [-0.15, -0.1) is 5.10 Å². The van der Waals surface area contributed by atoms with Crippen molar-refractivity contribution in [2.75, 3.05) is 30.6 Å². The SMILES string of the molecule is CCCc1ccc2c(c1)N(S(=O)(=O)c1cn(CC)nc1OCCO)C[C@H](CNC(C)=O)O2. The molecule has 1 atom stereocenters. The molecule has 0 saturated heterocycles. The number of carbonyl (C=O) groups is 1. The molecule has 2 N–H and O–H groups in total. The number of amides is 1. The van der Waals surface area contributed by atoms with E-state index in [2.05, 4.69) is 17.3 Å². The number of rotatable bonds is 10. The van der Waals surface area contributed by atoms with Crippen LogP contribution in [0.4, 0.5) is 5.69 Å². The standard InChI is InChI=1S/C21H30N4O6S/c1-4-6-16-7-8-19-18(11-16)25(13-17(31-19)12-22-15(3)27)32(28,29)20-14-24(5-2)23-21(20)30-10-9-26/h7-8,11,14,17,26H,4-6,9-10,12-13H2,1-3H3,(H,22,27)/t17-/m0/s1. The van der Waals surface area contributed by atoms with Crippen molar-refractivity contribution in [1.82, 2.24) is 15.1 Å². The molecular weight excluding hydrogens is 436 g/mol. The minimum absolute atomic E-state index is 0.0158. The van der Waals surface area contributed by atoms with Gasteiger partial charge < -0.3 is 19.9 Å². The lowest BCUT2D eigenvalue weighted by Gasteiger charge is -2.35. The second kappa shape index (κ2) is 10.2. The molecule has 0 bridgehead atoms. The highest BCUT2D eigenvalue weighted by Gasteiger charge is 2.37. The Morgan fingerprint density at radius 1 is 1.38 bits per heavy atom. The fraction of sp³-hybridized carbons (Fsp3) is 0.524. The van der Waals surface area contributed by atoms with Crippen molar-refractivity contribution in [1.29, 1.82) is 0 Å². The van der Waals surface area contributed by atoms with Crippen LogP contribution in [-0.2, 0) is 27.8 Å². The molecule has 0 spiro atoms. The summed E-state index contributed by atoms with van der Waals surface area (Å²) in [5.74, 6) is 0.142. The molecule has 2 aromatic rings. The topological polar surface area (TPSA) is 123 Å². The molecule has 3 rings (SSSR count). The highest BCUT2D eigenvalue weighted by molar-refractivity contribution is 7.93. The Morgan fingerprint density at radius 3 is 2.81 bits per heavy atom. The van der Waals surface area contributed by atoms with Crippen molar-refractivity contribution >= 4 is 21.6 Å². The van der Waals surface area contributed by atoms with Crippen molar-refractivity contribution in [3.8, 4) is 11.6 Å². The lowest BCUT2D eigenvalue weighted by atomic mass is 10.1. The summed E-state index contributed by atoms with van der Waals surface area (Å²) in [6, 6.07) is 5.50. The molecule has 1 aliphatic rings. The van der Waals surface area contributed by atoms with Crippen LogP contribution >= 0.6 is 0 Å². The molecule has 0 radical (unpaired) electrons. The number of aliphatic hydroxyl groups excluding tert-OH is 1. The predicted octanol–water partition coefficient (Wildman–Crippen LogP) is 1.32. The van der Waals surface area contributed by atoms with Crippen LogP contribution in [-0.4, -0.2) is 61.6 Å². The smallest absolute Gasteiger partial charge is 0.271 e. The normalized spacial score (nSPS) is 15.8. The third kappa shape index (κ3) is 5.16. The van der Waals surface area contributed by atoms with E-state index in [9.17, 15) is 13.2 Å². The summed E-state index contributed by atoms with van der Waals surface area (Å²) in [6.07, 6.45) is 2.58. The van der Waals surface area contributed by atoms with Gasteiger partial charge in [-0.25, -0.2) is 8.42 Å². The molecule has 0 fully saturated rings. The number of anilines is 1. The van der Waals surface area contributed by atoms with E-state index >= 15 is 0 Å². The summed E-state index contributed by atoms with van der Waals surface area (Å²) in [7, 11) is -4.08. The van der Waals surface area contributed by atoms with Crippen molar-refractivity contribution < 1.29 is 27.8 Å². The van der Waals surface area contributed by atoms with Crippen molar-refractivity contribution in [2.24, 2.45) is 0 Å². The number of sulfonamides is 1. The maximum absolute atomic E-state index is 13.8. The summed E-state index contributed by atoms with van der Waals surface area (Å²) >= 11 is 0. The Morgan fingerprint density at radius 2 is 2.16 bits per heavy atom. The minimum Gasteiger partial charge on any atom is -0.484 e. The van der Waals surface area contributed by atoms with Crippen LogP contribution in [0.5, 0.6) is 11.6 Å². The number of fused-ring (bicyclic) bond motifs is 1. The lowest BCUT2D eigenvalue weighted by Crippen LogP contribution is -2.48. The first kappa shape index (κ1) is 23.9. The van der Waals surface area contributed by atoms with Gasteiger partial charge in [-0.2, -0.15) is 0 Å². The molecule has 32 heavy (non-hydrogen) atoms. The zero-order valence-corrected chi connectivity index (χ0v) is 19.4. The Labute approximate surface area is 188 Å². The third-order valence-electron chi connectivity index (χ3n) is 4.99. The fourth-order valence-corrected chi connectivity index (χ4v) is 5.06. The molecular formula is C21H30N4O6S. The van der Waals surface area contributed by atoms with Gasteiger partial charge in [0, 0.05) is 19.7 Å². The largest absolute Gasteiger partial charge is 0.484 e. The second-order valence-corrected chi connectivity index (χ2v) is 9.32. The van der Waals surface area contributed by atoms with Crippen LogP contribution in [0.15, 0.2) is 29.3 Å². The van der Waals surface area contributed by atoms with Gasteiger partial charge in [0.25, 0.3) is 15.9 Å². The van der Waals surface area contributed by atoms with Gasteiger partial charge in [0.1, 0.15) is 18.5 Å². The fourth-order valence-electron chi connectivity index (χ4n) is 3.48. The molecule has 176 valence electrons. The van der Waals surface area contributed by atoms with E-state index in [0.29, 0.717) is 18.0 Å². The Balaban J connectivity index is 2.06. The molecule has 2 heterocycles. The van der Waals surface area contributed by atoms with Crippen LogP contribution in [0.2, 0.25) is 0 Å². The molecule has 1 aliphatic heterocycles. The highest BCUT2D eigenvalue weighted by Crippen LogP contribution is 2.39. The average Bonchev–Trinajstić information content (AvgIpc) is 3.20. The van der Waals surface area contributed by atoms with Crippen LogP contribution in [0.3, 0.4) is 0 Å². The van der Waals surface area contributed by atoms with Crippen LogP contribution in [0.1, 0.15) is 32.8 Å². The minimum atomic E-state index is -4.08. The second-order valence-electron chi connectivity index (χ2n) is 7.49. The highest BCUT2D eigenvalue weighted by atomic mass is 32.2. The first-order valence-corrected chi connectivity index (χ1v) is 12.1. The number of carbonyl (C=O) groups excluding carboxylic acids is 1. The Hall–Kier alpha value is -2.79. The maximum Gasteiger partial charge on any atom is 0.271 e. The monoisotopic (exact) mass is 466 g/mol. The number of benzene rings is 1. The Bertz CT molecular complexity index is 1050. The zero-order valence-electron chi connectivity index (χ0n) is 18.6. The molecule has 11 heteroatoms. The molecule has 1 aromatic carbocycles. The summed E-state index contributed by atoms with van der Waals surface area (Å²) < 4.78 is 41.8. The summed E-state index contributed by atoms with van der Waals surface area (Å²) in [5.41, 5.74) is 1.43. The van der Waals surface area contributed by atoms with E-state index in [-0.39, 0.29) is 43.0 Å². The van der Waals surface area contributed by atoms with Gasteiger partial charge in [-0.3, -0.25) is 13.8 Å². The van der Waals surface area contributed by atoms with Gasteiger partial charge in [0.2, 0.25) is 5.91 Å². The van der Waals surface area contributed by atoms with E-state index in [1.807, 2.05) is 19.1 Å². The van der Waals surface area contributed by atoms with E-state index in [4.69, 9.17) is 14.6 Å². The van der Waals surface area contributed by atoms with E-state index in [1.165, 1.54) is 22.1 Å². The number of hydrogen-bond acceptors (Lipinski definition) is 7. The van der Waals surface area contributed by atoms with Crippen molar-refractivity contribution in [3.05, 3.63) is 30.0 Å². The number of aromatic nitrogens is 2. The predicted molar refractivity (Wildman–Crippen MR) is 119 cm³/mol. The number of nitrogens with zero attached hydrogens (tertiary/aromatic N) is 3. The molecule has 0 aliphatic carbocycles. The molecule has 1 aromatic heterocycles. The van der Waals surface area contributed by atoms with Crippen molar-refractivity contribution in [2.45, 2.75) is 51.2 Å². The van der Waals surface area contributed by atoms with Crippen LogP contribution < -0.4 is 19.1 Å². The maximum atomic E-state index is 13.8.